The van der Waals surface area contributed by atoms with Gasteiger partial charge in [0.2, 0.25) is 0 Å². The summed E-state index contributed by atoms with van der Waals surface area (Å²) in [7, 11) is 0. The molecule has 1 aromatic rings. The van der Waals surface area contributed by atoms with Crippen LogP contribution in [-0.4, -0.2) is 28.8 Å². The number of aliphatic hydroxyl groups is 1. The number of pyridine rings is 1. The zero-order valence-electron chi connectivity index (χ0n) is 11.8. The monoisotopic (exact) mass is 265 g/mol. The Morgan fingerprint density at radius 1 is 1.47 bits per heavy atom. The molecule has 0 saturated carbocycles. The maximum atomic E-state index is 11.8. The minimum Gasteiger partial charge on any atom is -0.396 e. The molecule has 0 aromatic carbocycles. The first-order valence-electron chi connectivity index (χ1n) is 6.60. The number of nitrogens with one attached hydrogen (secondary N) is 2. The average Bonchev–Trinajstić information content (AvgIpc) is 2.37. The van der Waals surface area contributed by atoms with E-state index >= 15 is 0 Å². The Morgan fingerprint density at radius 3 is 2.79 bits per heavy atom. The van der Waals surface area contributed by atoms with Gasteiger partial charge in [-0.2, -0.15) is 0 Å². The summed E-state index contributed by atoms with van der Waals surface area (Å²) in [6.45, 7) is 6.47. The van der Waals surface area contributed by atoms with Crippen LogP contribution in [0.4, 0.5) is 4.79 Å². The number of aryl methyl sites for hydroxylation is 1. The number of carbonyl (C=O) groups is 1. The molecule has 0 aliphatic carbocycles. The van der Waals surface area contributed by atoms with Gasteiger partial charge >= 0.3 is 6.03 Å². The molecule has 0 bridgehead atoms. The van der Waals surface area contributed by atoms with Gasteiger partial charge in [-0.15, -0.1) is 0 Å². The quantitative estimate of drug-likeness (QED) is 0.731. The van der Waals surface area contributed by atoms with E-state index in [0.29, 0.717) is 13.0 Å². The molecule has 0 spiro atoms. The highest BCUT2D eigenvalue weighted by Crippen LogP contribution is 2.06. The number of rotatable bonds is 6. The zero-order chi connectivity index (χ0) is 14.3. The van der Waals surface area contributed by atoms with Crippen molar-refractivity contribution in [2.75, 3.05) is 6.61 Å². The lowest BCUT2D eigenvalue weighted by Crippen LogP contribution is -2.44. The van der Waals surface area contributed by atoms with E-state index in [1.807, 2.05) is 32.9 Å². The van der Waals surface area contributed by atoms with Crippen LogP contribution < -0.4 is 10.6 Å². The van der Waals surface area contributed by atoms with Crippen molar-refractivity contribution < 1.29 is 9.90 Å². The summed E-state index contributed by atoms with van der Waals surface area (Å²) < 4.78 is 0. The Morgan fingerprint density at radius 2 is 2.21 bits per heavy atom. The summed E-state index contributed by atoms with van der Waals surface area (Å²) in [4.78, 5) is 16.0. The number of aromatic nitrogens is 1. The van der Waals surface area contributed by atoms with E-state index in [9.17, 15) is 4.79 Å². The van der Waals surface area contributed by atoms with E-state index in [4.69, 9.17) is 5.11 Å². The Balaban J connectivity index is 2.45. The predicted molar refractivity (Wildman–Crippen MR) is 74.7 cm³/mol. The first kappa shape index (κ1) is 15.4. The topological polar surface area (TPSA) is 74.2 Å². The number of amides is 2. The first-order chi connectivity index (χ1) is 9.04. The second-order valence-corrected chi connectivity index (χ2v) is 4.96. The molecular weight excluding hydrogens is 242 g/mol. The molecule has 1 rings (SSSR count). The van der Waals surface area contributed by atoms with Crippen molar-refractivity contribution in [2.24, 2.45) is 5.92 Å². The van der Waals surface area contributed by atoms with Gasteiger partial charge in [0, 0.05) is 18.8 Å². The lowest BCUT2D eigenvalue weighted by molar-refractivity contribution is 0.218. The summed E-state index contributed by atoms with van der Waals surface area (Å²) in [6.07, 6.45) is 2.28. The molecule has 5 nitrogen and oxygen atoms in total. The number of aliphatic hydroxyl groups excluding tert-OH is 1. The molecule has 1 heterocycles. The molecule has 2 amide bonds. The van der Waals surface area contributed by atoms with Crippen molar-refractivity contribution in [2.45, 2.75) is 39.8 Å². The molecule has 0 aliphatic heterocycles. The summed E-state index contributed by atoms with van der Waals surface area (Å²) in [6, 6.07) is 3.59. The van der Waals surface area contributed by atoms with Crippen LogP contribution in [-0.2, 0) is 6.54 Å². The Hall–Kier alpha value is -1.62. The third-order valence-electron chi connectivity index (χ3n) is 3.10. The lowest BCUT2D eigenvalue weighted by Gasteiger charge is -2.21. The zero-order valence-corrected chi connectivity index (χ0v) is 11.8. The SMILES string of the molecule is Cc1cccnc1CNC(=O)NC(CCO)C(C)C. The molecule has 0 aliphatic rings. The van der Waals surface area contributed by atoms with Crippen molar-refractivity contribution in [3.8, 4) is 0 Å². The highest BCUT2D eigenvalue weighted by Gasteiger charge is 2.15. The van der Waals surface area contributed by atoms with Crippen molar-refractivity contribution >= 4 is 6.03 Å². The first-order valence-corrected chi connectivity index (χ1v) is 6.60. The average molecular weight is 265 g/mol. The van der Waals surface area contributed by atoms with Gasteiger partial charge < -0.3 is 15.7 Å². The number of nitrogens with zero attached hydrogens (tertiary/aromatic N) is 1. The maximum absolute atomic E-state index is 11.8. The Labute approximate surface area is 114 Å². The van der Waals surface area contributed by atoms with E-state index in [1.165, 1.54) is 0 Å². The molecule has 1 atom stereocenters. The van der Waals surface area contributed by atoms with Gasteiger partial charge in [0.05, 0.1) is 12.2 Å². The predicted octanol–water partition coefficient (Wildman–Crippen LogP) is 1.60. The standard InChI is InChI=1S/C14H23N3O2/c1-10(2)12(6-8-18)17-14(19)16-9-13-11(3)5-4-7-15-13/h4-5,7,10,12,18H,6,8-9H2,1-3H3,(H2,16,17,19). The number of hydrogen-bond donors (Lipinski definition) is 3. The van der Waals surface area contributed by atoms with Crippen LogP contribution in [0.3, 0.4) is 0 Å². The van der Waals surface area contributed by atoms with Gasteiger partial charge in [0.25, 0.3) is 0 Å². The summed E-state index contributed by atoms with van der Waals surface area (Å²) in [5.74, 6) is 0.287. The van der Waals surface area contributed by atoms with Crippen LogP contribution in [0.5, 0.6) is 0 Å². The van der Waals surface area contributed by atoms with Gasteiger partial charge in [-0.1, -0.05) is 19.9 Å². The second-order valence-electron chi connectivity index (χ2n) is 4.96. The fourth-order valence-electron chi connectivity index (χ4n) is 1.80. The normalized spacial score (nSPS) is 12.3. The van der Waals surface area contributed by atoms with E-state index in [0.717, 1.165) is 11.3 Å². The molecule has 5 heteroatoms. The van der Waals surface area contributed by atoms with Crippen LogP contribution in [0, 0.1) is 12.8 Å². The van der Waals surface area contributed by atoms with Gasteiger partial charge in [-0.3, -0.25) is 4.98 Å². The molecule has 0 fully saturated rings. The maximum Gasteiger partial charge on any atom is 0.315 e. The van der Waals surface area contributed by atoms with E-state index in [2.05, 4.69) is 15.6 Å². The van der Waals surface area contributed by atoms with E-state index in [1.54, 1.807) is 6.20 Å². The fourth-order valence-corrected chi connectivity index (χ4v) is 1.80. The van der Waals surface area contributed by atoms with E-state index < -0.39 is 0 Å². The smallest absolute Gasteiger partial charge is 0.315 e. The van der Waals surface area contributed by atoms with Crippen LogP contribution in [0.15, 0.2) is 18.3 Å². The Bertz CT molecular complexity index is 407. The highest BCUT2D eigenvalue weighted by molar-refractivity contribution is 5.74. The molecule has 19 heavy (non-hydrogen) atoms. The fraction of sp³-hybridized carbons (Fsp3) is 0.571. The molecular formula is C14H23N3O2. The highest BCUT2D eigenvalue weighted by atomic mass is 16.3. The molecule has 1 unspecified atom stereocenters. The van der Waals surface area contributed by atoms with Crippen molar-refractivity contribution in [3.05, 3.63) is 29.6 Å². The third-order valence-corrected chi connectivity index (χ3v) is 3.10. The molecule has 0 radical (unpaired) electrons. The molecule has 106 valence electrons. The minimum absolute atomic E-state index is 0.0187. The minimum atomic E-state index is -0.225. The molecule has 3 N–H and O–H groups in total. The second kappa shape index (κ2) is 7.74. The van der Waals surface area contributed by atoms with Gasteiger partial charge in [-0.05, 0) is 30.9 Å². The van der Waals surface area contributed by atoms with Crippen LogP contribution in [0.2, 0.25) is 0 Å². The van der Waals surface area contributed by atoms with Crippen molar-refractivity contribution in [1.82, 2.24) is 15.6 Å². The molecule has 1 aromatic heterocycles. The molecule has 0 saturated heterocycles. The number of urea groups is 1. The van der Waals surface area contributed by atoms with Crippen LogP contribution >= 0.6 is 0 Å². The number of carbonyl (C=O) groups excluding carboxylic acids is 1. The largest absolute Gasteiger partial charge is 0.396 e. The van der Waals surface area contributed by atoms with Gasteiger partial charge in [0.15, 0.2) is 0 Å². The summed E-state index contributed by atoms with van der Waals surface area (Å²) in [5, 5.41) is 14.6. The number of hydrogen-bond acceptors (Lipinski definition) is 3. The lowest BCUT2D eigenvalue weighted by atomic mass is 10.0. The van der Waals surface area contributed by atoms with Crippen molar-refractivity contribution in [3.63, 3.8) is 0 Å². The van der Waals surface area contributed by atoms with Gasteiger partial charge in [-0.25, -0.2) is 4.79 Å². The van der Waals surface area contributed by atoms with E-state index in [-0.39, 0.29) is 24.6 Å². The van der Waals surface area contributed by atoms with Crippen LogP contribution in [0.25, 0.3) is 0 Å². The summed E-state index contributed by atoms with van der Waals surface area (Å²) >= 11 is 0. The third kappa shape index (κ3) is 5.26. The van der Waals surface area contributed by atoms with Crippen molar-refractivity contribution in [1.29, 1.82) is 0 Å². The van der Waals surface area contributed by atoms with Crippen LogP contribution in [0.1, 0.15) is 31.5 Å². The van der Waals surface area contributed by atoms with Gasteiger partial charge in [0.1, 0.15) is 0 Å². The Kier molecular flexibility index (Phi) is 6.29. The summed E-state index contributed by atoms with van der Waals surface area (Å²) in [5.41, 5.74) is 1.92.